The Morgan fingerprint density at radius 3 is 2.55 bits per heavy atom. The highest BCUT2D eigenvalue weighted by Crippen LogP contribution is 2.32. The van der Waals surface area contributed by atoms with Crippen LogP contribution in [0, 0.1) is 11.8 Å². The van der Waals surface area contributed by atoms with E-state index < -0.39 is 0 Å². The fourth-order valence-electron chi connectivity index (χ4n) is 3.14. The molecule has 0 radical (unpaired) electrons. The summed E-state index contributed by atoms with van der Waals surface area (Å²) in [4.78, 5) is 13.5. The number of phenolic OH excluding ortho intramolecular Hbond substituents is 1. The molecule has 0 atom stereocenters. The van der Waals surface area contributed by atoms with Crippen molar-refractivity contribution in [2.45, 2.75) is 59.3 Å². The number of carbonyl (C=O) groups is 1. The lowest BCUT2D eigenvalue weighted by Gasteiger charge is -2.29. The average molecular weight is 303 g/mol. The Morgan fingerprint density at radius 2 is 2.05 bits per heavy atom. The molecule has 1 heterocycles. The molecule has 1 aromatic rings. The summed E-state index contributed by atoms with van der Waals surface area (Å²) in [6.07, 6.45) is 6.93. The number of hydrogen-bond acceptors (Lipinski definition) is 2. The van der Waals surface area contributed by atoms with Gasteiger partial charge in [0.25, 0.3) is 0 Å². The van der Waals surface area contributed by atoms with Gasteiger partial charge in [-0.25, -0.2) is 0 Å². The van der Waals surface area contributed by atoms with E-state index in [1.165, 1.54) is 19.3 Å². The van der Waals surface area contributed by atoms with E-state index in [9.17, 15) is 9.90 Å². The second-order valence-electron chi connectivity index (χ2n) is 6.75. The third kappa shape index (κ3) is 4.02. The lowest BCUT2D eigenvalue weighted by molar-refractivity contribution is -0.118. The van der Waals surface area contributed by atoms with E-state index in [0.717, 1.165) is 42.5 Å². The maximum Gasteiger partial charge on any atom is 0.226 e. The molecule has 0 spiro atoms. The van der Waals surface area contributed by atoms with Crippen LogP contribution in [0.3, 0.4) is 0 Å². The van der Waals surface area contributed by atoms with Crippen LogP contribution in [0.2, 0.25) is 0 Å². The molecule has 1 aliphatic carbocycles. The van der Waals surface area contributed by atoms with Crippen LogP contribution in [0.5, 0.6) is 5.75 Å². The van der Waals surface area contributed by atoms with Gasteiger partial charge in [0.05, 0.1) is 0 Å². The second-order valence-corrected chi connectivity index (χ2v) is 6.75. The van der Waals surface area contributed by atoms with E-state index in [4.69, 9.17) is 0 Å². The fourth-order valence-corrected chi connectivity index (χ4v) is 3.14. The first kappa shape index (κ1) is 16.9. The van der Waals surface area contributed by atoms with Crippen molar-refractivity contribution in [1.82, 2.24) is 0 Å². The molecule has 122 valence electrons. The van der Waals surface area contributed by atoms with Crippen LogP contribution in [0.15, 0.2) is 18.2 Å². The third-order valence-electron chi connectivity index (χ3n) is 4.88. The number of rotatable bonds is 2. The van der Waals surface area contributed by atoms with Gasteiger partial charge in [0, 0.05) is 18.7 Å². The molecule has 1 N–H and O–H groups in total. The number of hydrogen-bond donors (Lipinski definition) is 1. The van der Waals surface area contributed by atoms with Crippen LogP contribution < -0.4 is 4.90 Å². The predicted octanol–water partition coefficient (Wildman–Crippen LogP) is 4.52. The van der Waals surface area contributed by atoms with Crippen LogP contribution in [0.1, 0.15) is 58.4 Å². The summed E-state index contributed by atoms with van der Waals surface area (Å²) in [6.45, 7) is 7.31. The van der Waals surface area contributed by atoms with Crippen molar-refractivity contribution in [2.24, 2.45) is 11.8 Å². The van der Waals surface area contributed by atoms with Crippen molar-refractivity contribution in [3.05, 3.63) is 23.8 Å². The van der Waals surface area contributed by atoms with Crippen LogP contribution in [-0.2, 0) is 11.2 Å². The van der Waals surface area contributed by atoms with E-state index in [0.29, 0.717) is 6.42 Å². The Morgan fingerprint density at radius 1 is 1.32 bits per heavy atom. The van der Waals surface area contributed by atoms with Crippen molar-refractivity contribution in [1.29, 1.82) is 0 Å². The summed E-state index contributed by atoms with van der Waals surface area (Å²) in [5.41, 5.74) is 2.04. The highest BCUT2D eigenvalue weighted by Gasteiger charge is 2.21. The molecule has 1 fully saturated rings. The summed E-state index contributed by atoms with van der Waals surface area (Å²) < 4.78 is 0. The zero-order valence-corrected chi connectivity index (χ0v) is 14.1. The summed E-state index contributed by atoms with van der Waals surface area (Å²) in [6, 6.07) is 5.22. The Kier molecular flexibility index (Phi) is 5.87. The topological polar surface area (TPSA) is 40.5 Å². The van der Waals surface area contributed by atoms with Gasteiger partial charge >= 0.3 is 0 Å². The Balaban J connectivity index is 0.000000211. The number of nitrogens with zero attached hydrogens (tertiary/aromatic N) is 1. The number of carbonyl (C=O) groups excluding carboxylic acids is 1. The fraction of sp³-hybridized carbons (Fsp3) is 0.632. The van der Waals surface area contributed by atoms with E-state index in [-0.39, 0.29) is 11.7 Å². The van der Waals surface area contributed by atoms with Gasteiger partial charge in [0.15, 0.2) is 0 Å². The summed E-state index contributed by atoms with van der Waals surface area (Å²) in [5, 5.41) is 9.37. The number of benzene rings is 1. The largest absolute Gasteiger partial charge is 0.508 e. The lowest BCUT2D eigenvalue weighted by Crippen LogP contribution is -2.34. The summed E-state index contributed by atoms with van der Waals surface area (Å²) >= 11 is 0. The molecule has 1 saturated carbocycles. The van der Waals surface area contributed by atoms with E-state index in [2.05, 4.69) is 13.8 Å². The molecule has 0 bridgehead atoms. The van der Waals surface area contributed by atoms with Crippen LogP contribution in [0.25, 0.3) is 0 Å². The summed E-state index contributed by atoms with van der Waals surface area (Å²) in [7, 11) is 0. The minimum atomic E-state index is 0.154. The number of aryl methyl sites for hydroxylation is 1. The van der Waals surface area contributed by atoms with Gasteiger partial charge < -0.3 is 10.0 Å². The van der Waals surface area contributed by atoms with Crippen molar-refractivity contribution < 1.29 is 9.90 Å². The highest BCUT2D eigenvalue weighted by molar-refractivity contribution is 5.94. The molecule has 3 rings (SSSR count). The zero-order valence-electron chi connectivity index (χ0n) is 14.1. The average Bonchev–Trinajstić information content (AvgIpc) is 2.43. The molecule has 0 aromatic heterocycles. The van der Waals surface area contributed by atoms with E-state index in [1.54, 1.807) is 12.1 Å². The van der Waals surface area contributed by atoms with E-state index in [1.807, 2.05) is 17.9 Å². The molecule has 2 aliphatic rings. The molecule has 0 saturated heterocycles. The van der Waals surface area contributed by atoms with E-state index >= 15 is 0 Å². The quantitative estimate of drug-likeness (QED) is 0.872. The standard InChI is InChI=1S/C12H15NO2.C7H14/c1-2-12(15)13-7-3-4-9-8-10(14)5-6-11(9)13;1-6(2)7-4-3-5-7/h5-6,8,14H,2-4,7H2,1H3;6-7H,3-5H2,1-2H3. The molecule has 1 aliphatic heterocycles. The molecule has 22 heavy (non-hydrogen) atoms. The Labute approximate surface area is 134 Å². The van der Waals surface area contributed by atoms with Crippen molar-refractivity contribution in [2.75, 3.05) is 11.4 Å². The number of phenols is 1. The molecule has 3 heteroatoms. The monoisotopic (exact) mass is 303 g/mol. The number of aromatic hydroxyl groups is 1. The van der Waals surface area contributed by atoms with Crippen molar-refractivity contribution >= 4 is 11.6 Å². The minimum absolute atomic E-state index is 0.154. The molecule has 1 amide bonds. The normalized spacial score (nSPS) is 17.4. The third-order valence-corrected chi connectivity index (χ3v) is 4.88. The SMILES string of the molecule is CC(C)C1CCC1.CCC(=O)N1CCCc2cc(O)ccc21. The molecule has 3 nitrogen and oxygen atoms in total. The summed E-state index contributed by atoms with van der Waals surface area (Å²) in [5.74, 6) is 2.47. The van der Waals surface area contributed by atoms with Gasteiger partial charge in [-0.15, -0.1) is 0 Å². The number of amides is 1. The minimum Gasteiger partial charge on any atom is -0.508 e. The number of anilines is 1. The second kappa shape index (κ2) is 7.66. The van der Waals surface area contributed by atoms with Gasteiger partial charge in [0.2, 0.25) is 5.91 Å². The van der Waals surface area contributed by atoms with Crippen molar-refractivity contribution in [3.8, 4) is 5.75 Å². The first-order valence-corrected chi connectivity index (χ1v) is 8.65. The van der Waals surface area contributed by atoms with Gasteiger partial charge in [-0.1, -0.05) is 40.0 Å². The predicted molar refractivity (Wildman–Crippen MR) is 91.3 cm³/mol. The Hall–Kier alpha value is -1.51. The molecular weight excluding hydrogens is 274 g/mol. The smallest absolute Gasteiger partial charge is 0.226 e. The maximum atomic E-state index is 11.7. The lowest BCUT2D eigenvalue weighted by atomic mass is 9.78. The molecular formula is C19H29NO2. The van der Waals surface area contributed by atoms with Gasteiger partial charge in [0.1, 0.15) is 5.75 Å². The Bertz CT molecular complexity index is 506. The first-order valence-electron chi connectivity index (χ1n) is 8.65. The van der Waals surface area contributed by atoms with Gasteiger partial charge in [-0.2, -0.15) is 0 Å². The van der Waals surface area contributed by atoms with Gasteiger partial charge in [-0.05, 0) is 48.4 Å². The molecule has 0 unspecified atom stereocenters. The maximum absolute atomic E-state index is 11.7. The van der Waals surface area contributed by atoms with Crippen molar-refractivity contribution in [3.63, 3.8) is 0 Å². The van der Waals surface area contributed by atoms with Crippen LogP contribution in [0.4, 0.5) is 5.69 Å². The highest BCUT2D eigenvalue weighted by atomic mass is 16.3. The zero-order chi connectivity index (χ0) is 16.1. The molecule has 1 aromatic carbocycles. The first-order chi connectivity index (χ1) is 10.5. The van der Waals surface area contributed by atoms with Crippen LogP contribution >= 0.6 is 0 Å². The number of fused-ring (bicyclic) bond motifs is 1. The van der Waals surface area contributed by atoms with Crippen LogP contribution in [-0.4, -0.2) is 17.6 Å². The van der Waals surface area contributed by atoms with Gasteiger partial charge in [-0.3, -0.25) is 4.79 Å².